The minimum absolute atomic E-state index is 0.634. The van der Waals surface area contributed by atoms with Crippen LogP contribution < -0.4 is 0 Å². The number of aromatic nitrogens is 24. The van der Waals surface area contributed by atoms with Crippen LogP contribution in [0.3, 0.4) is 0 Å². The molecule has 0 saturated carbocycles. The van der Waals surface area contributed by atoms with Gasteiger partial charge in [-0.1, -0.05) is 327 Å². The molecule has 8 rings (SSSR count). The molecule has 0 aliphatic rings. The van der Waals surface area contributed by atoms with Gasteiger partial charge in [-0.15, -0.1) is 40.8 Å². The van der Waals surface area contributed by atoms with E-state index in [0.29, 0.717) is 17.8 Å². The van der Waals surface area contributed by atoms with Crippen LogP contribution in [0.2, 0.25) is 0 Å². The van der Waals surface area contributed by atoms with E-state index in [1.54, 1.807) is 0 Å². The number of hydrogen-bond donors (Lipinski definition) is 0. The van der Waals surface area contributed by atoms with Gasteiger partial charge in [0.1, 0.15) is 0 Å². The number of unbranched alkanes of at least 4 members (excludes halogenated alkanes) is 4. The highest BCUT2D eigenvalue weighted by Crippen LogP contribution is 2.19. The number of nitrogens with zero attached hydrogens (tertiary/aromatic N) is 24. The lowest BCUT2D eigenvalue weighted by molar-refractivity contribution is 0.465. The summed E-state index contributed by atoms with van der Waals surface area (Å²) < 4.78 is 16.2. The Labute approximate surface area is 791 Å². The predicted octanol–water partition coefficient (Wildman–Crippen LogP) is 26.8. The van der Waals surface area contributed by atoms with Crippen LogP contribution in [0.15, 0.2) is 49.6 Å². The summed E-state index contributed by atoms with van der Waals surface area (Å²) in [5.41, 5.74) is 9.70. The zero-order chi connectivity index (χ0) is 96.4. The van der Waals surface area contributed by atoms with E-state index in [9.17, 15) is 0 Å². The first-order valence-electron chi connectivity index (χ1n) is 52.2. The molecule has 0 unspecified atom stereocenters. The van der Waals surface area contributed by atoms with Gasteiger partial charge in [-0.2, -0.15) is 0 Å². The fourth-order valence-corrected chi connectivity index (χ4v) is 14.1. The summed E-state index contributed by atoms with van der Waals surface area (Å²) in [7, 11) is 0. The highest BCUT2D eigenvalue weighted by molar-refractivity contribution is 4.99. The SMILES string of the molecule is CC(C)CCCCn1cc(CC(C)C)nn1.CC(C)CCCCn1nncc1CC(C)C.CC(C)CCCCn1nncc1CCC(C)C.CC(C)CCCCn1nncc1CCCC(C)C.CC(C)CCCc1cn(CC(C)C)nn1.CC(C)CCCn1cc(CCC(C)C)nn1.CC(C)CCCn1nncc1CCC(C)C.CC(C)CCc1cn(CCC(C)C)nn1. The van der Waals surface area contributed by atoms with Gasteiger partial charge < -0.3 is 0 Å². The molecule has 8 aromatic rings. The van der Waals surface area contributed by atoms with Crippen LogP contribution >= 0.6 is 0 Å². The average molecular weight is 1800 g/mol. The second-order valence-electron chi connectivity index (χ2n) is 43.8. The molecule has 0 radical (unpaired) electrons. The highest BCUT2D eigenvalue weighted by atomic mass is 15.5. The summed E-state index contributed by atoms with van der Waals surface area (Å²) in [6, 6.07) is 0. The molecule has 129 heavy (non-hydrogen) atoms. The monoisotopic (exact) mass is 1800 g/mol. The van der Waals surface area contributed by atoms with Crippen LogP contribution in [0.4, 0.5) is 0 Å². The average Bonchev–Trinajstić information content (AvgIpc) is 1.77. The molecule has 8 heterocycles. The molecule has 0 aromatic carbocycles. The molecule has 0 aliphatic heterocycles. The van der Waals surface area contributed by atoms with Gasteiger partial charge >= 0.3 is 0 Å². The Morgan fingerprint density at radius 1 is 0.186 bits per heavy atom. The fourth-order valence-electron chi connectivity index (χ4n) is 14.1. The van der Waals surface area contributed by atoms with Crippen molar-refractivity contribution in [1.82, 2.24) is 120 Å². The van der Waals surface area contributed by atoms with Crippen molar-refractivity contribution in [2.24, 2.45) is 94.7 Å². The minimum Gasteiger partial charge on any atom is -0.252 e. The summed E-state index contributed by atoms with van der Waals surface area (Å²) in [6.45, 7) is 80.2. The zero-order valence-corrected chi connectivity index (χ0v) is 89.6. The molecular formula is C105H202N24. The van der Waals surface area contributed by atoms with Crippen LogP contribution in [0, 0.1) is 94.7 Å². The lowest BCUT2D eigenvalue weighted by Crippen LogP contribution is -2.08. The Balaban J connectivity index is 0.000000738. The van der Waals surface area contributed by atoms with Gasteiger partial charge in [0.05, 0.1) is 70.3 Å². The largest absolute Gasteiger partial charge is 0.252 e. The molecular weight excluding hydrogens is 1600 g/mol. The molecule has 8 aromatic heterocycles. The lowest BCUT2D eigenvalue weighted by Gasteiger charge is -2.08. The third-order valence-electron chi connectivity index (χ3n) is 22.1. The summed E-state index contributed by atoms with van der Waals surface area (Å²) in [4.78, 5) is 0. The summed E-state index contributed by atoms with van der Waals surface area (Å²) in [5, 5.41) is 66.1. The molecule has 0 aliphatic carbocycles. The van der Waals surface area contributed by atoms with Crippen molar-refractivity contribution >= 4 is 0 Å². The Hall–Kier alpha value is -6.88. The molecule has 24 nitrogen and oxygen atoms in total. The van der Waals surface area contributed by atoms with Crippen molar-refractivity contribution < 1.29 is 0 Å². The maximum absolute atomic E-state index is 4.20. The van der Waals surface area contributed by atoms with Gasteiger partial charge in [-0.25, -0.2) is 18.7 Å². The quantitative estimate of drug-likeness (QED) is 0.0322. The van der Waals surface area contributed by atoms with Crippen molar-refractivity contribution in [1.29, 1.82) is 0 Å². The Morgan fingerprint density at radius 3 is 0.806 bits per heavy atom. The topological polar surface area (TPSA) is 246 Å². The first-order chi connectivity index (χ1) is 61.2. The summed E-state index contributed by atoms with van der Waals surface area (Å²) in [6.07, 6.45) is 55.9. The first-order valence-corrected chi connectivity index (χ1v) is 52.2. The van der Waals surface area contributed by atoms with E-state index < -0.39 is 0 Å². The van der Waals surface area contributed by atoms with E-state index in [2.05, 4.69) is 348 Å². The molecule has 0 atom stereocenters. The number of rotatable bonds is 57. The molecule has 24 heteroatoms. The van der Waals surface area contributed by atoms with E-state index in [1.165, 1.54) is 183 Å². The maximum atomic E-state index is 4.20. The van der Waals surface area contributed by atoms with Crippen LogP contribution in [0.5, 0.6) is 0 Å². The second kappa shape index (κ2) is 73.6. The maximum Gasteiger partial charge on any atom is 0.0829 e. The van der Waals surface area contributed by atoms with Crippen molar-refractivity contribution in [2.45, 2.75) is 486 Å². The number of aryl methyl sites for hydroxylation is 13. The Kier molecular flexibility index (Phi) is 68.5. The zero-order valence-electron chi connectivity index (χ0n) is 89.6. The predicted molar refractivity (Wildman–Crippen MR) is 543 cm³/mol. The molecule has 0 N–H and O–H groups in total. The van der Waals surface area contributed by atoms with E-state index in [-0.39, 0.29) is 0 Å². The van der Waals surface area contributed by atoms with Crippen LogP contribution in [0.25, 0.3) is 0 Å². The van der Waals surface area contributed by atoms with Crippen LogP contribution in [-0.2, 0) is 104 Å². The van der Waals surface area contributed by atoms with Crippen molar-refractivity contribution in [3.63, 3.8) is 0 Å². The lowest BCUT2D eigenvalue weighted by atomic mass is 10.1. The molecule has 742 valence electrons. The summed E-state index contributed by atoms with van der Waals surface area (Å²) in [5.74, 6) is 12.1. The van der Waals surface area contributed by atoms with E-state index in [0.717, 1.165) is 203 Å². The van der Waals surface area contributed by atoms with Crippen molar-refractivity contribution in [3.05, 3.63) is 95.1 Å². The Bertz CT molecular complexity index is 3750. The van der Waals surface area contributed by atoms with Gasteiger partial charge in [-0.05, 0) is 242 Å². The van der Waals surface area contributed by atoms with Crippen molar-refractivity contribution in [2.75, 3.05) is 0 Å². The molecule has 0 saturated heterocycles. The minimum atomic E-state index is 0.634. The van der Waals surface area contributed by atoms with Gasteiger partial charge in [0.15, 0.2) is 0 Å². The number of hydrogen-bond acceptors (Lipinski definition) is 16. The molecule has 0 amide bonds. The van der Waals surface area contributed by atoms with Gasteiger partial charge in [-0.3, -0.25) is 18.7 Å². The van der Waals surface area contributed by atoms with Gasteiger partial charge in [0, 0.05) is 77.1 Å². The van der Waals surface area contributed by atoms with Gasteiger partial charge in [0.2, 0.25) is 0 Å². The second-order valence-corrected chi connectivity index (χ2v) is 43.8. The van der Waals surface area contributed by atoms with Gasteiger partial charge in [0.25, 0.3) is 0 Å². The van der Waals surface area contributed by atoms with Crippen molar-refractivity contribution in [3.8, 4) is 0 Å². The Morgan fingerprint density at radius 2 is 0.442 bits per heavy atom. The standard InChI is InChI=1S/C15H29N3.C14H27N3.4C13H25N3.2C12H23N3/c1-13(2)8-5-6-11-18-15(12-16-17-18)10-7-9-14(3)4;1-12(2)7-5-6-10-17-14(11-15-16-17)9-8-13(3)4;1-11(2)6-5-9-16-10-13(14-15-16)8-7-12(3)4;1-11(2)6-5-9-16-13(10-14-15-16)8-7-12(3)4;1-11(2)7-5-6-8-16-10-13(14-15-16)9-12(3)4;1-11(2)7-5-6-8-16-13(9-12(3)4)10-14-15-16;1-10(2)5-6-12-9-15(14-13-12)8-7-11(3)4;1-10(2)6-5-7-12-9-15(14-13-12)8-11(3)4/h12-14H,5-11H2,1-4H3;11-13H,5-10H2,1-4H3;4*10-12H,5-9H2,1-4H3;2*9-11H,5-8H2,1-4H3. The smallest absolute Gasteiger partial charge is 0.0829 e. The van der Waals surface area contributed by atoms with E-state index >= 15 is 0 Å². The molecule has 0 fully saturated rings. The molecule has 0 spiro atoms. The van der Waals surface area contributed by atoms with Crippen LogP contribution in [-0.4, -0.2) is 120 Å². The summed E-state index contributed by atoms with van der Waals surface area (Å²) >= 11 is 0. The van der Waals surface area contributed by atoms with E-state index in [1.807, 2.05) is 43.5 Å². The third kappa shape index (κ3) is 68.7. The third-order valence-corrected chi connectivity index (χ3v) is 22.1. The fraction of sp³-hybridized carbons (Fsp3) is 0.848. The van der Waals surface area contributed by atoms with E-state index in [4.69, 9.17) is 0 Å². The first kappa shape index (κ1) is 120. The van der Waals surface area contributed by atoms with Crippen LogP contribution in [0.1, 0.15) is 428 Å². The highest BCUT2D eigenvalue weighted by Gasteiger charge is 2.14. The molecule has 0 bridgehead atoms. The normalized spacial score (nSPS) is 11.6.